The van der Waals surface area contributed by atoms with Crippen LogP contribution >= 0.6 is 8.58 Å². The summed E-state index contributed by atoms with van der Waals surface area (Å²) in [7, 11) is 2.12. The highest BCUT2D eigenvalue weighted by Gasteiger charge is 2.33. The summed E-state index contributed by atoms with van der Waals surface area (Å²) >= 11 is 0. The zero-order chi connectivity index (χ0) is 23.9. The number of hydrogen-bond acceptors (Lipinski definition) is 3. The van der Waals surface area contributed by atoms with Crippen molar-refractivity contribution in [1.29, 1.82) is 0 Å². The molecule has 0 spiro atoms. The van der Waals surface area contributed by atoms with Gasteiger partial charge in [-0.2, -0.15) is 0 Å². The summed E-state index contributed by atoms with van der Waals surface area (Å²) in [5.41, 5.74) is 4.53. The molecule has 0 saturated carbocycles. The van der Waals surface area contributed by atoms with Crippen LogP contribution in [0.15, 0.2) is 36.4 Å². The number of ether oxygens (including phenoxy) is 2. The fourth-order valence-corrected chi connectivity index (χ4v) is 5.91. The molecule has 0 radical (unpaired) electrons. The van der Waals surface area contributed by atoms with Gasteiger partial charge < -0.3 is 9.47 Å². The maximum Gasteiger partial charge on any atom is 0.188 e. The van der Waals surface area contributed by atoms with Gasteiger partial charge in [-0.1, -0.05) is 98.9 Å². The van der Waals surface area contributed by atoms with Gasteiger partial charge in [0.25, 0.3) is 0 Å². The Morgan fingerprint density at radius 2 is 1.75 bits per heavy atom. The number of benzene rings is 2. The number of rotatable bonds is 11. The third-order valence-corrected chi connectivity index (χ3v) is 7.83. The van der Waals surface area contributed by atoms with Gasteiger partial charge in [0.2, 0.25) is 0 Å². The Bertz CT molecular complexity index is 913. The molecule has 0 N–H and O–H groups in total. The van der Waals surface area contributed by atoms with Crippen molar-refractivity contribution in [1.82, 2.24) is 0 Å². The molecule has 2 atom stereocenters. The fraction of sp³-hybridized carbons (Fsp3) is 0.536. The van der Waals surface area contributed by atoms with E-state index in [1.54, 1.807) is 14.0 Å². The third-order valence-electron chi connectivity index (χ3n) is 6.05. The van der Waals surface area contributed by atoms with Crippen molar-refractivity contribution in [3.63, 3.8) is 0 Å². The highest BCUT2D eigenvalue weighted by molar-refractivity contribution is 7.48. The Balaban J connectivity index is 2.69. The zero-order valence-electron chi connectivity index (χ0n) is 21.2. The molecule has 2 aromatic carbocycles. The number of hydrogen-bond donors (Lipinski definition) is 0. The van der Waals surface area contributed by atoms with Crippen LogP contribution in [0.5, 0.6) is 5.75 Å². The summed E-state index contributed by atoms with van der Waals surface area (Å²) in [4.78, 5) is 12.4. The largest absolute Gasteiger partial charge is 0.467 e. The number of carbonyl (C=O) groups excluding carboxylic acids is 1. The molecule has 32 heavy (non-hydrogen) atoms. The van der Waals surface area contributed by atoms with E-state index >= 15 is 0 Å². The summed E-state index contributed by atoms with van der Waals surface area (Å²) in [6.45, 7) is 15.4. The molecule has 0 amide bonds. The molecule has 0 aliphatic carbocycles. The van der Waals surface area contributed by atoms with Crippen LogP contribution in [0.4, 0.5) is 0 Å². The number of Topliss-reactive ketones (excluding diaryl/α,β-unsaturated/α-hetero) is 1. The average molecular weight is 457 g/mol. The van der Waals surface area contributed by atoms with Crippen molar-refractivity contribution >= 4 is 19.7 Å². The van der Waals surface area contributed by atoms with Gasteiger partial charge in [0.05, 0.1) is 0 Å². The van der Waals surface area contributed by atoms with Crippen LogP contribution in [-0.4, -0.2) is 19.7 Å². The molecular weight excluding hydrogens is 415 g/mol. The van der Waals surface area contributed by atoms with Gasteiger partial charge in [0.15, 0.2) is 12.6 Å². The first-order valence-corrected chi connectivity index (χ1v) is 12.7. The lowest BCUT2D eigenvalue weighted by atomic mass is 9.82. The summed E-state index contributed by atoms with van der Waals surface area (Å²) in [5, 5.41) is 0.992. The van der Waals surface area contributed by atoms with Gasteiger partial charge in [-0.05, 0) is 42.1 Å². The van der Waals surface area contributed by atoms with Crippen LogP contribution in [-0.2, 0) is 15.3 Å². The summed E-state index contributed by atoms with van der Waals surface area (Å²) in [6, 6.07) is 12.7. The van der Waals surface area contributed by atoms with Gasteiger partial charge in [-0.3, -0.25) is 4.79 Å². The number of unbranched alkanes of at least 4 members (excludes halogenated alkanes) is 2. The van der Waals surface area contributed by atoms with E-state index in [4.69, 9.17) is 9.47 Å². The predicted octanol–water partition coefficient (Wildman–Crippen LogP) is 7.28. The highest BCUT2D eigenvalue weighted by Crippen LogP contribution is 2.50. The molecule has 0 aliphatic heterocycles. The zero-order valence-corrected chi connectivity index (χ0v) is 22.2. The fourth-order valence-electron chi connectivity index (χ4n) is 4.12. The lowest BCUT2D eigenvalue weighted by Gasteiger charge is -2.35. The monoisotopic (exact) mass is 456 g/mol. The van der Waals surface area contributed by atoms with E-state index in [-0.39, 0.29) is 23.1 Å². The maximum atomic E-state index is 12.4. The first-order chi connectivity index (χ1) is 15.0. The molecular formula is C28H41O3P. The Hall–Kier alpha value is -1.70. The Morgan fingerprint density at radius 1 is 1.06 bits per heavy atom. The SMILES string of the molecule is CCCCCC(C)(Pc1ccccc1C(C)=O)c1cc(C(C)(C)C)cc(C)c1OCOC. The van der Waals surface area contributed by atoms with Crippen molar-refractivity contribution in [2.45, 2.75) is 84.7 Å². The van der Waals surface area contributed by atoms with E-state index in [1.165, 1.54) is 24.0 Å². The standard InChI is InChI=1S/C28H41O3P/c1-9-10-13-16-28(7,32-25-15-12-11-14-23(25)21(3)29)24-18-22(27(4,5)6)17-20(2)26(24)31-19-30-8/h11-12,14-15,17-18,32H,9-10,13,16,19H2,1-8H3. The number of aryl methyl sites for hydroxylation is 1. The molecule has 0 fully saturated rings. The van der Waals surface area contributed by atoms with E-state index in [0.717, 1.165) is 35.0 Å². The smallest absolute Gasteiger partial charge is 0.188 e. The Morgan fingerprint density at radius 3 is 2.34 bits per heavy atom. The lowest BCUT2D eigenvalue weighted by Crippen LogP contribution is -2.25. The van der Waals surface area contributed by atoms with E-state index in [1.807, 2.05) is 18.2 Å². The van der Waals surface area contributed by atoms with Gasteiger partial charge in [-0.25, -0.2) is 0 Å². The van der Waals surface area contributed by atoms with Gasteiger partial charge in [0, 0.05) is 23.4 Å². The molecule has 3 nitrogen and oxygen atoms in total. The summed E-state index contributed by atoms with van der Waals surface area (Å²) in [5.74, 6) is 1.05. The number of carbonyl (C=O) groups is 1. The Kier molecular flexibility index (Phi) is 9.49. The van der Waals surface area contributed by atoms with Crippen LogP contribution in [0.25, 0.3) is 0 Å². The van der Waals surface area contributed by atoms with Crippen LogP contribution < -0.4 is 10.0 Å². The molecule has 176 valence electrons. The molecule has 0 bridgehead atoms. The minimum Gasteiger partial charge on any atom is -0.467 e. The third kappa shape index (κ3) is 6.65. The number of ketones is 1. The van der Waals surface area contributed by atoms with Crippen LogP contribution in [0, 0.1) is 6.92 Å². The van der Waals surface area contributed by atoms with E-state index in [2.05, 4.69) is 59.7 Å². The van der Waals surface area contributed by atoms with Gasteiger partial charge in [0.1, 0.15) is 5.75 Å². The second-order valence-electron chi connectivity index (χ2n) is 9.99. The van der Waals surface area contributed by atoms with Crippen LogP contribution in [0.3, 0.4) is 0 Å². The van der Waals surface area contributed by atoms with Gasteiger partial charge in [-0.15, -0.1) is 0 Å². The molecule has 2 unspecified atom stereocenters. The minimum atomic E-state index is -0.143. The molecule has 4 heteroatoms. The average Bonchev–Trinajstić information content (AvgIpc) is 2.72. The minimum absolute atomic E-state index is 0.0318. The van der Waals surface area contributed by atoms with Crippen molar-refractivity contribution in [2.75, 3.05) is 13.9 Å². The summed E-state index contributed by atoms with van der Waals surface area (Å²) < 4.78 is 11.4. The quantitative estimate of drug-likeness (QED) is 0.154. The summed E-state index contributed by atoms with van der Waals surface area (Å²) in [6.07, 6.45) is 4.56. The molecule has 0 heterocycles. The normalized spacial score (nSPS) is 14.0. The maximum absolute atomic E-state index is 12.4. The van der Waals surface area contributed by atoms with Crippen molar-refractivity contribution in [3.05, 3.63) is 58.7 Å². The second-order valence-corrected chi connectivity index (χ2v) is 11.9. The topological polar surface area (TPSA) is 35.5 Å². The van der Waals surface area contributed by atoms with Crippen molar-refractivity contribution in [2.24, 2.45) is 0 Å². The molecule has 2 rings (SSSR count). The molecule has 2 aromatic rings. The Labute approximate surface area is 197 Å². The van der Waals surface area contributed by atoms with E-state index in [9.17, 15) is 4.79 Å². The van der Waals surface area contributed by atoms with E-state index < -0.39 is 0 Å². The lowest BCUT2D eigenvalue weighted by molar-refractivity contribution is 0.0494. The second kappa shape index (κ2) is 11.4. The van der Waals surface area contributed by atoms with Crippen molar-refractivity contribution in [3.8, 4) is 5.75 Å². The van der Waals surface area contributed by atoms with Crippen LogP contribution in [0.1, 0.15) is 94.3 Å². The first-order valence-electron chi connectivity index (χ1n) is 11.7. The molecule has 0 aliphatic rings. The molecule has 0 saturated heterocycles. The van der Waals surface area contributed by atoms with Crippen molar-refractivity contribution < 1.29 is 14.3 Å². The molecule has 0 aromatic heterocycles. The highest BCUT2D eigenvalue weighted by atomic mass is 31.1. The number of methoxy groups -OCH3 is 1. The first kappa shape index (κ1) is 26.6. The van der Waals surface area contributed by atoms with Gasteiger partial charge >= 0.3 is 0 Å². The predicted molar refractivity (Wildman–Crippen MR) is 138 cm³/mol. The van der Waals surface area contributed by atoms with Crippen LogP contribution in [0.2, 0.25) is 0 Å². The van der Waals surface area contributed by atoms with E-state index in [0.29, 0.717) is 8.58 Å².